The van der Waals surface area contributed by atoms with Gasteiger partial charge in [-0.3, -0.25) is 9.59 Å². The lowest BCUT2D eigenvalue weighted by molar-refractivity contribution is -0.927. The number of unbranched alkanes of at least 4 members (excludes halogenated alkanes) is 5. The molecule has 0 amide bonds. The summed E-state index contributed by atoms with van der Waals surface area (Å²) in [5, 5.41) is 27.1. The molecule has 0 aliphatic carbocycles. The standard InChI is InChI=1S/C16H31NO5/c1-2-3-4-5-6-7-10-17(13-14-18,11-8-15(19)20)12-9-16(21)22/h18H,2-14H2,1H3,(H-,19,20,21,22)/p+1. The van der Waals surface area contributed by atoms with Crippen molar-refractivity contribution in [3.05, 3.63) is 0 Å². The maximum Gasteiger partial charge on any atom is 0.309 e. The molecule has 0 aliphatic heterocycles. The van der Waals surface area contributed by atoms with Crippen molar-refractivity contribution in [3.63, 3.8) is 0 Å². The second kappa shape index (κ2) is 12.4. The fourth-order valence-corrected chi connectivity index (χ4v) is 2.78. The number of nitrogens with zero attached hydrogens (tertiary/aromatic N) is 1. The summed E-state index contributed by atoms with van der Waals surface area (Å²) in [5.41, 5.74) is 0. The van der Waals surface area contributed by atoms with Gasteiger partial charge in [-0.05, 0) is 12.8 Å². The molecule has 0 saturated heterocycles. The molecule has 0 unspecified atom stereocenters. The van der Waals surface area contributed by atoms with Crippen molar-refractivity contribution in [1.29, 1.82) is 0 Å². The third-order valence-electron chi connectivity index (χ3n) is 4.16. The molecule has 0 radical (unpaired) electrons. The maximum atomic E-state index is 10.8. The van der Waals surface area contributed by atoms with Crippen LogP contribution in [0.5, 0.6) is 0 Å². The molecule has 0 aromatic rings. The maximum absolute atomic E-state index is 10.8. The van der Waals surface area contributed by atoms with E-state index in [2.05, 4.69) is 6.92 Å². The molecule has 0 rings (SSSR count). The lowest BCUT2D eigenvalue weighted by Gasteiger charge is -2.38. The molecular formula is C16H32NO5+. The number of aliphatic carboxylic acids is 2. The molecule has 0 bridgehead atoms. The molecule has 6 nitrogen and oxygen atoms in total. The van der Waals surface area contributed by atoms with Crippen molar-refractivity contribution in [2.24, 2.45) is 0 Å². The summed E-state index contributed by atoms with van der Waals surface area (Å²) < 4.78 is 0.392. The summed E-state index contributed by atoms with van der Waals surface area (Å²) in [4.78, 5) is 21.7. The van der Waals surface area contributed by atoms with Crippen LogP contribution in [0.1, 0.15) is 58.3 Å². The van der Waals surface area contributed by atoms with Crippen molar-refractivity contribution in [3.8, 4) is 0 Å². The zero-order valence-electron chi connectivity index (χ0n) is 13.8. The predicted molar refractivity (Wildman–Crippen MR) is 84.7 cm³/mol. The number of hydrogen-bond donors (Lipinski definition) is 3. The Bertz CT molecular complexity index is 302. The van der Waals surface area contributed by atoms with E-state index in [-0.39, 0.29) is 19.4 Å². The third kappa shape index (κ3) is 10.6. The van der Waals surface area contributed by atoms with Crippen LogP contribution in [0, 0.1) is 0 Å². The van der Waals surface area contributed by atoms with Crippen LogP contribution in [-0.2, 0) is 9.59 Å². The highest BCUT2D eigenvalue weighted by Gasteiger charge is 2.28. The van der Waals surface area contributed by atoms with Crippen LogP contribution in [-0.4, -0.2) is 64.5 Å². The van der Waals surface area contributed by atoms with E-state index in [1.54, 1.807) is 0 Å². The summed E-state index contributed by atoms with van der Waals surface area (Å²) >= 11 is 0. The van der Waals surface area contributed by atoms with Crippen molar-refractivity contribution in [2.45, 2.75) is 58.3 Å². The van der Waals surface area contributed by atoms with Gasteiger partial charge in [0.2, 0.25) is 0 Å². The largest absolute Gasteiger partial charge is 0.481 e. The molecule has 0 aromatic carbocycles. The first kappa shape index (κ1) is 20.9. The highest BCUT2D eigenvalue weighted by Crippen LogP contribution is 2.14. The van der Waals surface area contributed by atoms with Crippen LogP contribution in [0.3, 0.4) is 0 Å². The molecule has 0 saturated carbocycles. The highest BCUT2D eigenvalue weighted by atomic mass is 16.4. The van der Waals surface area contributed by atoms with Crippen LogP contribution in [0.25, 0.3) is 0 Å². The molecule has 0 spiro atoms. The first-order chi connectivity index (χ1) is 10.5. The predicted octanol–water partition coefficient (Wildman–Crippen LogP) is 2.11. The Labute approximate surface area is 133 Å². The van der Waals surface area contributed by atoms with E-state index in [4.69, 9.17) is 10.2 Å². The normalized spacial score (nSPS) is 11.5. The Hall–Kier alpha value is -1.14. The van der Waals surface area contributed by atoms with Gasteiger partial charge < -0.3 is 19.8 Å². The van der Waals surface area contributed by atoms with Crippen molar-refractivity contribution < 1.29 is 29.4 Å². The van der Waals surface area contributed by atoms with Gasteiger partial charge in [-0.1, -0.05) is 32.6 Å². The Morgan fingerprint density at radius 1 is 0.773 bits per heavy atom. The SMILES string of the molecule is CCCCCCCC[N+](CCO)(CCC(=O)O)CCC(=O)O. The third-order valence-corrected chi connectivity index (χ3v) is 4.16. The molecule has 130 valence electrons. The van der Waals surface area contributed by atoms with Crippen molar-refractivity contribution in [1.82, 2.24) is 0 Å². The van der Waals surface area contributed by atoms with Crippen molar-refractivity contribution >= 4 is 11.9 Å². The molecule has 0 atom stereocenters. The van der Waals surface area contributed by atoms with Gasteiger partial charge in [0.1, 0.15) is 6.54 Å². The summed E-state index contributed by atoms with van der Waals surface area (Å²) in [5.74, 6) is -1.75. The molecule has 0 fully saturated rings. The first-order valence-electron chi connectivity index (χ1n) is 8.35. The highest BCUT2D eigenvalue weighted by molar-refractivity contribution is 5.67. The van der Waals surface area contributed by atoms with E-state index >= 15 is 0 Å². The minimum absolute atomic E-state index is 0.00938. The molecule has 6 heteroatoms. The van der Waals surface area contributed by atoms with Gasteiger partial charge in [0.15, 0.2) is 0 Å². The number of aliphatic hydroxyl groups excluding tert-OH is 1. The summed E-state index contributed by atoms with van der Waals surface area (Å²) in [7, 11) is 0. The van der Waals surface area contributed by atoms with Crippen molar-refractivity contribution in [2.75, 3.05) is 32.8 Å². The van der Waals surface area contributed by atoms with Gasteiger partial charge in [0.05, 0.1) is 39.1 Å². The number of carboxylic acid groups (broad SMARTS) is 2. The second-order valence-corrected chi connectivity index (χ2v) is 6.01. The van der Waals surface area contributed by atoms with Crippen LogP contribution < -0.4 is 0 Å². The molecular weight excluding hydrogens is 286 g/mol. The van der Waals surface area contributed by atoms with E-state index in [9.17, 15) is 14.7 Å². The number of rotatable bonds is 15. The van der Waals surface area contributed by atoms with Gasteiger partial charge in [0, 0.05) is 0 Å². The molecule has 0 heterocycles. The van der Waals surface area contributed by atoms with Gasteiger partial charge in [-0.15, -0.1) is 0 Å². The van der Waals surface area contributed by atoms with Crippen LogP contribution in [0.4, 0.5) is 0 Å². The smallest absolute Gasteiger partial charge is 0.309 e. The zero-order valence-corrected chi connectivity index (χ0v) is 13.8. The number of carbonyl (C=O) groups is 2. The fourth-order valence-electron chi connectivity index (χ4n) is 2.78. The Kier molecular flexibility index (Phi) is 11.8. The number of carboxylic acids is 2. The van der Waals surface area contributed by atoms with Gasteiger partial charge in [0.25, 0.3) is 0 Å². The van der Waals surface area contributed by atoms with Gasteiger partial charge in [-0.25, -0.2) is 0 Å². The molecule has 0 aliphatic rings. The number of quaternary nitrogens is 1. The molecule has 3 N–H and O–H groups in total. The average molecular weight is 318 g/mol. The fraction of sp³-hybridized carbons (Fsp3) is 0.875. The lowest BCUT2D eigenvalue weighted by Crippen LogP contribution is -2.52. The molecule has 22 heavy (non-hydrogen) atoms. The summed E-state index contributed by atoms with van der Waals surface area (Å²) in [6.07, 6.45) is 6.83. The minimum Gasteiger partial charge on any atom is -0.481 e. The zero-order chi connectivity index (χ0) is 16.8. The van der Waals surface area contributed by atoms with E-state index in [1.165, 1.54) is 19.3 Å². The van der Waals surface area contributed by atoms with E-state index in [0.717, 1.165) is 25.8 Å². The Balaban J connectivity index is 4.48. The van der Waals surface area contributed by atoms with Crippen LogP contribution >= 0.6 is 0 Å². The van der Waals surface area contributed by atoms with Gasteiger partial charge in [-0.2, -0.15) is 0 Å². The van der Waals surface area contributed by atoms with Crippen LogP contribution in [0.2, 0.25) is 0 Å². The lowest BCUT2D eigenvalue weighted by atomic mass is 10.1. The van der Waals surface area contributed by atoms with E-state index in [1.807, 2.05) is 0 Å². The summed E-state index contributed by atoms with van der Waals surface area (Å²) in [6.45, 7) is 4.06. The number of aliphatic hydroxyl groups is 1. The van der Waals surface area contributed by atoms with E-state index in [0.29, 0.717) is 24.1 Å². The quantitative estimate of drug-likeness (QED) is 0.317. The monoisotopic (exact) mass is 318 g/mol. The average Bonchev–Trinajstić information content (AvgIpc) is 2.46. The van der Waals surface area contributed by atoms with E-state index < -0.39 is 11.9 Å². The Morgan fingerprint density at radius 2 is 1.27 bits per heavy atom. The topological polar surface area (TPSA) is 94.8 Å². The van der Waals surface area contributed by atoms with Crippen LogP contribution in [0.15, 0.2) is 0 Å². The Morgan fingerprint density at radius 3 is 1.73 bits per heavy atom. The minimum atomic E-state index is -0.876. The first-order valence-corrected chi connectivity index (χ1v) is 8.35. The summed E-state index contributed by atoms with van der Waals surface area (Å²) in [6, 6.07) is 0. The van der Waals surface area contributed by atoms with Gasteiger partial charge >= 0.3 is 11.9 Å². The number of hydrogen-bond acceptors (Lipinski definition) is 3. The second-order valence-electron chi connectivity index (χ2n) is 6.01. The molecule has 0 aromatic heterocycles.